The van der Waals surface area contributed by atoms with Crippen molar-refractivity contribution in [3.05, 3.63) is 198 Å². The van der Waals surface area contributed by atoms with Gasteiger partial charge in [-0.1, -0.05) is 184 Å². The molecule has 1 N–H and O–H groups in total. The van der Waals surface area contributed by atoms with Gasteiger partial charge in [-0.3, -0.25) is 4.98 Å². The van der Waals surface area contributed by atoms with Gasteiger partial charge in [0.2, 0.25) is 0 Å². The minimum atomic E-state index is -0.287. The molecule has 3 heteroatoms. The average molecular weight is 825 g/mol. The smallest absolute Gasteiger partial charge is 0.128 e. The highest BCUT2D eigenvalue weighted by atomic mass is 16.3. The van der Waals surface area contributed by atoms with Crippen molar-refractivity contribution in [2.75, 3.05) is 0 Å². The Hall–Kier alpha value is -6.58. The molecule has 1 unspecified atom stereocenters. The van der Waals surface area contributed by atoms with Gasteiger partial charge in [0.1, 0.15) is 5.75 Å². The number of nitrogens with zero attached hydrogens (tertiary/aromatic N) is 2. The lowest BCUT2D eigenvalue weighted by Gasteiger charge is -2.27. The number of hydrogen-bond donors (Lipinski definition) is 1. The summed E-state index contributed by atoms with van der Waals surface area (Å²) >= 11 is 0. The van der Waals surface area contributed by atoms with Crippen LogP contribution in [-0.4, -0.2) is 15.1 Å². The van der Waals surface area contributed by atoms with E-state index in [1.165, 1.54) is 16.7 Å². The Balaban J connectivity index is 1.31. The van der Waals surface area contributed by atoms with Crippen molar-refractivity contribution in [2.45, 2.75) is 91.4 Å². The Kier molecular flexibility index (Phi) is 11.6. The fraction of sp³-hybridized carbons (Fsp3) is 0.233. The second-order valence-electron chi connectivity index (χ2n) is 20.2. The standard InChI is InChI=1S/C60H60N2O/c1-39(40-18-13-11-14-19-40)41-24-26-43(27-25-41)45-28-29-61-54(34-45)48-30-46(42-20-15-12-16-21-42)31-49(32-48)55-35-47(44-22-17-23-50(33-44)58(2,3)4)36-56(62-55)52-37-51(59(5,6)7)38-53(57(52)63)60(8,9)10/h11-39,63H,1-10H3. The molecule has 63 heavy (non-hydrogen) atoms. The molecule has 316 valence electrons. The first kappa shape index (κ1) is 43.1. The van der Waals surface area contributed by atoms with Crippen LogP contribution in [0, 0.1) is 0 Å². The van der Waals surface area contributed by atoms with E-state index in [0.717, 1.165) is 78.3 Å². The van der Waals surface area contributed by atoms with Gasteiger partial charge in [0.15, 0.2) is 0 Å². The first-order valence-electron chi connectivity index (χ1n) is 22.3. The summed E-state index contributed by atoms with van der Waals surface area (Å²) in [6.07, 6.45) is 1.91. The third-order valence-corrected chi connectivity index (χ3v) is 12.4. The predicted molar refractivity (Wildman–Crippen MR) is 266 cm³/mol. The first-order chi connectivity index (χ1) is 29.9. The van der Waals surface area contributed by atoms with Crippen molar-refractivity contribution in [2.24, 2.45) is 0 Å². The van der Waals surface area contributed by atoms with E-state index in [4.69, 9.17) is 9.97 Å². The summed E-state index contributed by atoms with van der Waals surface area (Å²) in [6.45, 7) is 22.2. The molecule has 8 rings (SSSR count). The van der Waals surface area contributed by atoms with Gasteiger partial charge in [-0.25, -0.2) is 4.98 Å². The van der Waals surface area contributed by atoms with Crippen molar-refractivity contribution < 1.29 is 5.11 Å². The molecule has 0 aliphatic heterocycles. The van der Waals surface area contributed by atoms with Crippen molar-refractivity contribution in [1.29, 1.82) is 0 Å². The third-order valence-electron chi connectivity index (χ3n) is 12.4. The monoisotopic (exact) mass is 824 g/mol. The Morgan fingerprint density at radius 1 is 0.397 bits per heavy atom. The minimum Gasteiger partial charge on any atom is -0.507 e. The SMILES string of the molecule is CC(c1ccccc1)c1ccc(-c2ccnc(-c3cc(-c4ccccc4)cc(-c4cc(-c5cccc(C(C)(C)C)c5)cc(-c5cc(C(C)(C)C)cc(C(C)(C)C)c5O)n4)c3)c2)cc1. The maximum Gasteiger partial charge on any atom is 0.128 e. The molecule has 0 fully saturated rings. The van der Waals surface area contributed by atoms with Crippen molar-refractivity contribution in [1.82, 2.24) is 9.97 Å². The van der Waals surface area contributed by atoms with E-state index in [1.807, 2.05) is 6.20 Å². The molecule has 6 aromatic carbocycles. The molecule has 1 atom stereocenters. The van der Waals surface area contributed by atoms with Crippen LogP contribution in [0.15, 0.2) is 170 Å². The number of phenols is 1. The second-order valence-corrected chi connectivity index (χ2v) is 20.2. The van der Waals surface area contributed by atoms with E-state index in [-0.39, 0.29) is 22.0 Å². The van der Waals surface area contributed by atoms with E-state index in [2.05, 4.69) is 233 Å². The van der Waals surface area contributed by atoms with E-state index < -0.39 is 0 Å². The normalized spacial score (nSPS) is 12.6. The van der Waals surface area contributed by atoms with Crippen molar-refractivity contribution in [3.63, 3.8) is 0 Å². The summed E-state index contributed by atoms with van der Waals surface area (Å²) in [5.41, 5.74) is 17.2. The first-order valence-corrected chi connectivity index (χ1v) is 22.3. The van der Waals surface area contributed by atoms with Gasteiger partial charge < -0.3 is 5.11 Å². The van der Waals surface area contributed by atoms with Crippen LogP contribution in [0.1, 0.15) is 103 Å². The number of pyridine rings is 2. The van der Waals surface area contributed by atoms with Gasteiger partial charge in [-0.05, 0) is 120 Å². The van der Waals surface area contributed by atoms with Gasteiger partial charge in [0.25, 0.3) is 0 Å². The summed E-state index contributed by atoms with van der Waals surface area (Å²) in [5.74, 6) is 0.575. The van der Waals surface area contributed by atoms with E-state index in [9.17, 15) is 5.11 Å². The average Bonchev–Trinajstić information content (AvgIpc) is 3.28. The van der Waals surface area contributed by atoms with Crippen LogP contribution in [0.5, 0.6) is 5.75 Å². The Morgan fingerprint density at radius 2 is 0.921 bits per heavy atom. The summed E-state index contributed by atoms with van der Waals surface area (Å²) < 4.78 is 0. The number of aromatic hydroxyl groups is 1. The molecule has 0 saturated carbocycles. The molecule has 0 saturated heterocycles. The number of benzene rings is 6. The molecule has 0 amide bonds. The lowest BCUT2D eigenvalue weighted by Crippen LogP contribution is -2.17. The lowest BCUT2D eigenvalue weighted by molar-refractivity contribution is 0.446. The molecule has 0 bridgehead atoms. The second kappa shape index (κ2) is 16.9. The molecule has 8 aromatic rings. The molecule has 0 spiro atoms. The maximum atomic E-state index is 12.2. The molecule has 2 aromatic heterocycles. The summed E-state index contributed by atoms with van der Waals surface area (Å²) in [5, 5.41) is 12.2. The Morgan fingerprint density at radius 3 is 1.57 bits per heavy atom. The highest BCUT2D eigenvalue weighted by Gasteiger charge is 2.27. The molecular formula is C60H60N2O. The zero-order chi connectivity index (χ0) is 44.7. The van der Waals surface area contributed by atoms with E-state index in [1.54, 1.807) is 0 Å². The molecular weight excluding hydrogens is 765 g/mol. The highest BCUT2D eigenvalue weighted by molar-refractivity contribution is 5.85. The van der Waals surface area contributed by atoms with Gasteiger partial charge in [0, 0.05) is 34.4 Å². The van der Waals surface area contributed by atoms with Crippen LogP contribution >= 0.6 is 0 Å². The van der Waals surface area contributed by atoms with E-state index >= 15 is 0 Å². The Labute approximate surface area is 375 Å². The molecule has 2 heterocycles. The third kappa shape index (κ3) is 9.44. The summed E-state index contributed by atoms with van der Waals surface area (Å²) in [7, 11) is 0. The van der Waals surface area contributed by atoms with Crippen LogP contribution in [0.3, 0.4) is 0 Å². The van der Waals surface area contributed by atoms with Gasteiger partial charge in [-0.15, -0.1) is 0 Å². The van der Waals surface area contributed by atoms with Crippen LogP contribution in [-0.2, 0) is 16.2 Å². The van der Waals surface area contributed by atoms with Crippen LogP contribution in [0.2, 0.25) is 0 Å². The fourth-order valence-corrected chi connectivity index (χ4v) is 8.37. The van der Waals surface area contributed by atoms with Crippen molar-refractivity contribution >= 4 is 0 Å². The minimum absolute atomic E-state index is 0.0291. The zero-order valence-electron chi connectivity index (χ0n) is 38.6. The molecule has 3 nitrogen and oxygen atoms in total. The van der Waals surface area contributed by atoms with Gasteiger partial charge >= 0.3 is 0 Å². The summed E-state index contributed by atoms with van der Waals surface area (Å²) in [6, 6.07) is 58.6. The van der Waals surface area contributed by atoms with E-state index in [0.29, 0.717) is 5.92 Å². The lowest BCUT2D eigenvalue weighted by atomic mass is 9.78. The zero-order valence-corrected chi connectivity index (χ0v) is 38.6. The highest BCUT2D eigenvalue weighted by Crippen LogP contribution is 2.44. The molecule has 0 aliphatic carbocycles. The number of rotatable bonds is 8. The predicted octanol–water partition coefficient (Wildman–Crippen LogP) is 16.2. The van der Waals surface area contributed by atoms with Crippen molar-refractivity contribution in [3.8, 4) is 72.9 Å². The van der Waals surface area contributed by atoms with Gasteiger partial charge in [0.05, 0.1) is 17.1 Å². The Bertz CT molecular complexity index is 2890. The van der Waals surface area contributed by atoms with Crippen LogP contribution in [0.25, 0.3) is 67.2 Å². The fourth-order valence-electron chi connectivity index (χ4n) is 8.37. The quantitative estimate of drug-likeness (QED) is 0.166. The molecule has 0 radical (unpaired) electrons. The number of aromatic nitrogens is 2. The van der Waals surface area contributed by atoms with Crippen LogP contribution < -0.4 is 0 Å². The maximum absolute atomic E-state index is 12.2. The molecule has 0 aliphatic rings. The van der Waals surface area contributed by atoms with Crippen LogP contribution in [0.4, 0.5) is 0 Å². The number of hydrogen-bond acceptors (Lipinski definition) is 3. The van der Waals surface area contributed by atoms with Gasteiger partial charge in [-0.2, -0.15) is 0 Å². The summed E-state index contributed by atoms with van der Waals surface area (Å²) in [4.78, 5) is 10.5. The largest absolute Gasteiger partial charge is 0.507 e. The number of phenolic OH excluding ortho intramolecular Hbond substituents is 1. The topological polar surface area (TPSA) is 46.0 Å².